The van der Waals surface area contributed by atoms with E-state index in [4.69, 9.17) is 45.0 Å². The number of anilines is 2. The summed E-state index contributed by atoms with van der Waals surface area (Å²) in [6.07, 6.45) is -3.11. The number of rotatable bonds is 8. The highest BCUT2D eigenvalue weighted by Gasteiger charge is 2.45. The van der Waals surface area contributed by atoms with Gasteiger partial charge in [-0.3, -0.25) is 4.57 Å². The van der Waals surface area contributed by atoms with Gasteiger partial charge in [0.1, 0.15) is 24.6 Å². The van der Waals surface area contributed by atoms with E-state index < -0.39 is 24.5 Å². The third kappa shape index (κ3) is 5.23. The van der Waals surface area contributed by atoms with Crippen molar-refractivity contribution in [1.29, 1.82) is 0 Å². The fraction of sp³-hybridized carbons (Fsp3) is 0.280. The van der Waals surface area contributed by atoms with E-state index in [1.807, 2.05) is 6.07 Å². The first-order valence-corrected chi connectivity index (χ1v) is 12.3. The van der Waals surface area contributed by atoms with Crippen molar-refractivity contribution >= 4 is 51.8 Å². The first-order chi connectivity index (χ1) is 18.4. The zero-order chi connectivity index (χ0) is 26.8. The zero-order valence-electron chi connectivity index (χ0n) is 19.8. The molecule has 0 spiro atoms. The monoisotopic (exact) mass is 555 g/mol. The maximum atomic E-state index is 10.9. The van der Waals surface area contributed by atoms with E-state index >= 15 is 0 Å². The minimum absolute atomic E-state index is 0.0229. The number of benzene rings is 2. The van der Waals surface area contributed by atoms with Crippen LogP contribution in [-0.2, 0) is 22.6 Å². The summed E-state index contributed by atoms with van der Waals surface area (Å²) >= 11 is 12.2. The SMILES string of the molecule is [C-]#[N+]c1ccc(COCC2OC(n3c(NCc4ccc(Cl)c(Cl)c4)nc4c(N)ncnc43)C(O)C2O)cc1. The fourth-order valence-corrected chi connectivity index (χ4v) is 4.48. The van der Waals surface area contributed by atoms with Crippen LogP contribution in [0.2, 0.25) is 10.0 Å². The molecule has 0 aliphatic carbocycles. The Kier molecular flexibility index (Phi) is 7.62. The van der Waals surface area contributed by atoms with Crippen LogP contribution in [-0.4, -0.2) is 54.7 Å². The highest BCUT2D eigenvalue weighted by Crippen LogP contribution is 2.35. The van der Waals surface area contributed by atoms with E-state index in [2.05, 4.69) is 25.1 Å². The fourth-order valence-electron chi connectivity index (χ4n) is 4.16. The Morgan fingerprint density at radius 1 is 1.08 bits per heavy atom. The largest absolute Gasteiger partial charge is 0.387 e. The van der Waals surface area contributed by atoms with Gasteiger partial charge in [-0.2, -0.15) is 0 Å². The second-order valence-corrected chi connectivity index (χ2v) is 9.49. The first-order valence-electron chi connectivity index (χ1n) is 11.6. The molecule has 4 atom stereocenters. The zero-order valence-corrected chi connectivity index (χ0v) is 21.3. The molecule has 5 N–H and O–H groups in total. The van der Waals surface area contributed by atoms with Crippen LogP contribution in [0.1, 0.15) is 17.4 Å². The van der Waals surface area contributed by atoms with E-state index in [9.17, 15) is 10.2 Å². The molecule has 3 heterocycles. The Hall–Kier alpha value is -3.50. The lowest BCUT2D eigenvalue weighted by atomic mass is 10.1. The van der Waals surface area contributed by atoms with Gasteiger partial charge in [0.2, 0.25) is 5.95 Å². The van der Waals surface area contributed by atoms with Crippen LogP contribution in [0.4, 0.5) is 17.5 Å². The van der Waals surface area contributed by atoms with Gasteiger partial charge in [-0.25, -0.2) is 19.8 Å². The third-order valence-electron chi connectivity index (χ3n) is 6.15. The van der Waals surface area contributed by atoms with E-state index in [1.165, 1.54) is 6.33 Å². The average molecular weight is 556 g/mol. The second kappa shape index (κ2) is 11.1. The Balaban J connectivity index is 1.35. The summed E-state index contributed by atoms with van der Waals surface area (Å²) in [5, 5.41) is 25.7. The molecule has 1 aliphatic heterocycles. The van der Waals surface area contributed by atoms with Crippen molar-refractivity contribution in [2.24, 2.45) is 0 Å². The van der Waals surface area contributed by atoms with E-state index in [1.54, 1.807) is 41.0 Å². The molecular weight excluding hydrogens is 533 g/mol. The Bertz CT molecular complexity index is 1490. The quantitative estimate of drug-likeness (QED) is 0.239. The molecule has 5 rings (SSSR count). The summed E-state index contributed by atoms with van der Waals surface area (Å²) < 4.78 is 13.3. The number of hydrogen-bond acceptors (Lipinski definition) is 9. The van der Waals surface area contributed by atoms with Crippen LogP contribution in [0.5, 0.6) is 0 Å². The van der Waals surface area contributed by atoms with Crippen LogP contribution in [0.3, 0.4) is 0 Å². The van der Waals surface area contributed by atoms with E-state index in [0.29, 0.717) is 39.4 Å². The average Bonchev–Trinajstić information content (AvgIpc) is 3.42. The molecular formula is C25H23Cl2N7O4. The number of nitrogens with one attached hydrogen (secondary N) is 1. The molecule has 196 valence electrons. The van der Waals surface area contributed by atoms with Gasteiger partial charge in [0, 0.05) is 6.54 Å². The highest BCUT2D eigenvalue weighted by atomic mass is 35.5. The Morgan fingerprint density at radius 3 is 2.58 bits per heavy atom. The van der Waals surface area contributed by atoms with E-state index in [-0.39, 0.29) is 19.0 Å². The number of fused-ring (bicyclic) bond motifs is 1. The molecule has 2 aromatic heterocycles. The second-order valence-electron chi connectivity index (χ2n) is 8.68. The van der Waals surface area contributed by atoms with Gasteiger partial charge in [0.25, 0.3) is 0 Å². The third-order valence-corrected chi connectivity index (χ3v) is 6.89. The molecule has 4 aromatic rings. The lowest BCUT2D eigenvalue weighted by molar-refractivity contribution is -0.0675. The van der Waals surface area contributed by atoms with Crippen molar-refractivity contribution in [3.8, 4) is 0 Å². The molecule has 13 heteroatoms. The van der Waals surface area contributed by atoms with Crippen molar-refractivity contribution < 1.29 is 19.7 Å². The molecule has 0 saturated carbocycles. The Morgan fingerprint density at radius 2 is 1.84 bits per heavy atom. The number of nitrogen functional groups attached to an aromatic ring is 1. The van der Waals surface area contributed by atoms with Crippen LogP contribution in [0.25, 0.3) is 16.0 Å². The van der Waals surface area contributed by atoms with Gasteiger partial charge in [0.15, 0.2) is 28.9 Å². The summed E-state index contributed by atoms with van der Waals surface area (Å²) in [6.45, 7) is 7.63. The number of nitrogens with two attached hydrogens (primary N) is 1. The summed E-state index contributed by atoms with van der Waals surface area (Å²) in [6, 6.07) is 12.2. The van der Waals surface area contributed by atoms with Crippen LogP contribution in [0, 0.1) is 6.57 Å². The van der Waals surface area contributed by atoms with Crippen LogP contribution in [0.15, 0.2) is 48.8 Å². The summed E-state index contributed by atoms with van der Waals surface area (Å²) in [5.41, 5.74) is 8.91. The lowest BCUT2D eigenvalue weighted by Gasteiger charge is -2.20. The molecule has 38 heavy (non-hydrogen) atoms. The minimum Gasteiger partial charge on any atom is -0.387 e. The van der Waals surface area contributed by atoms with Crippen molar-refractivity contribution in [3.05, 3.63) is 81.4 Å². The van der Waals surface area contributed by atoms with Crippen LogP contribution < -0.4 is 11.1 Å². The number of aromatic nitrogens is 4. The molecule has 4 unspecified atom stereocenters. The summed E-state index contributed by atoms with van der Waals surface area (Å²) in [5.74, 6) is 0.458. The maximum Gasteiger partial charge on any atom is 0.207 e. The molecule has 1 aliphatic rings. The van der Waals surface area contributed by atoms with Gasteiger partial charge in [0.05, 0.1) is 29.8 Å². The molecule has 1 saturated heterocycles. The lowest BCUT2D eigenvalue weighted by Crippen LogP contribution is -2.34. The molecule has 0 radical (unpaired) electrons. The summed E-state index contributed by atoms with van der Waals surface area (Å²) in [4.78, 5) is 16.2. The van der Waals surface area contributed by atoms with Gasteiger partial charge in [-0.05, 0) is 23.3 Å². The van der Waals surface area contributed by atoms with Crippen molar-refractivity contribution in [2.45, 2.75) is 37.7 Å². The topological polar surface area (TPSA) is 145 Å². The van der Waals surface area contributed by atoms with Crippen molar-refractivity contribution in [3.63, 3.8) is 0 Å². The maximum absolute atomic E-state index is 10.9. The number of imidazole rings is 1. The predicted octanol–water partition coefficient (Wildman–Crippen LogP) is 3.71. The number of nitrogens with zero attached hydrogens (tertiary/aromatic N) is 5. The first kappa shape index (κ1) is 26.1. The normalized spacial score (nSPS) is 21.0. The molecule has 1 fully saturated rings. The molecule has 0 bridgehead atoms. The molecule has 2 aromatic carbocycles. The summed E-state index contributed by atoms with van der Waals surface area (Å²) in [7, 11) is 0. The Labute approximate surface area is 227 Å². The van der Waals surface area contributed by atoms with Gasteiger partial charge >= 0.3 is 0 Å². The van der Waals surface area contributed by atoms with Gasteiger partial charge < -0.3 is 30.7 Å². The number of ether oxygens (including phenoxy) is 2. The standard InChI is InChI=1S/C25H23Cl2N7O4/c1-29-15-5-2-13(3-6-15)10-37-11-18-20(35)21(36)24(38-18)34-23-19(22(28)31-12-32-23)33-25(34)30-9-14-4-7-16(26)17(27)8-14/h2-8,12,18,20-21,24,35-36H,9-11H2,(H,30,33)(H2,28,31,32). The smallest absolute Gasteiger partial charge is 0.207 e. The minimum atomic E-state index is -1.30. The van der Waals surface area contributed by atoms with Gasteiger partial charge in [-0.15, -0.1) is 0 Å². The number of aliphatic hydroxyl groups excluding tert-OH is 2. The van der Waals surface area contributed by atoms with Crippen molar-refractivity contribution in [2.75, 3.05) is 17.7 Å². The van der Waals surface area contributed by atoms with Gasteiger partial charge in [-0.1, -0.05) is 53.5 Å². The number of halogens is 2. The predicted molar refractivity (Wildman–Crippen MR) is 142 cm³/mol. The van der Waals surface area contributed by atoms with Crippen molar-refractivity contribution in [1.82, 2.24) is 19.5 Å². The van der Waals surface area contributed by atoms with Crippen LogP contribution >= 0.6 is 23.2 Å². The highest BCUT2D eigenvalue weighted by molar-refractivity contribution is 6.42. The molecule has 11 nitrogen and oxygen atoms in total. The van der Waals surface area contributed by atoms with E-state index in [0.717, 1.165) is 11.1 Å². The number of hydrogen-bond donors (Lipinski definition) is 4. The number of aliphatic hydroxyl groups is 2. The molecule has 0 amide bonds.